The van der Waals surface area contributed by atoms with Crippen molar-refractivity contribution in [3.8, 4) is 11.3 Å². The molecule has 7 heteroatoms. The molecule has 0 amide bonds. The Hall–Kier alpha value is -1.61. The zero-order valence-corrected chi connectivity index (χ0v) is 21.2. The van der Waals surface area contributed by atoms with E-state index in [2.05, 4.69) is 26.9 Å². The van der Waals surface area contributed by atoms with E-state index in [4.69, 9.17) is 8.05 Å². The van der Waals surface area contributed by atoms with Gasteiger partial charge in [0.2, 0.25) is 0 Å². The summed E-state index contributed by atoms with van der Waals surface area (Å²) >= 11 is -3.34. The van der Waals surface area contributed by atoms with Crippen molar-refractivity contribution in [1.29, 1.82) is 0 Å². The first-order valence-corrected chi connectivity index (χ1v) is 16.2. The predicted molar refractivity (Wildman–Crippen MR) is 116 cm³/mol. The molecule has 31 heavy (non-hydrogen) atoms. The summed E-state index contributed by atoms with van der Waals surface area (Å²) in [4.78, 5) is 24.4. The van der Waals surface area contributed by atoms with E-state index in [1.54, 1.807) is 12.3 Å². The van der Waals surface area contributed by atoms with Crippen molar-refractivity contribution in [3.63, 3.8) is 0 Å². The summed E-state index contributed by atoms with van der Waals surface area (Å²) < 4.78 is 23.1. The zero-order valence-electron chi connectivity index (χ0n) is 19.0. The monoisotopic (exact) mass is 540 g/mol. The van der Waals surface area contributed by atoms with Gasteiger partial charge in [0.05, 0.1) is 0 Å². The molecule has 2 unspecified atom stereocenters. The molecular formula is C24H32FIN3O2-. The van der Waals surface area contributed by atoms with Crippen molar-refractivity contribution < 1.29 is 31.4 Å². The molecule has 5 nitrogen and oxygen atoms in total. The van der Waals surface area contributed by atoms with Gasteiger partial charge in [-0.3, -0.25) is 0 Å². The number of alkyl halides is 2. The van der Waals surface area contributed by atoms with E-state index in [1.807, 2.05) is 19.9 Å². The number of rotatable bonds is 6. The van der Waals surface area contributed by atoms with Crippen LogP contribution >= 0.6 is 0 Å². The van der Waals surface area contributed by atoms with Gasteiger partial charge in [0, 0.05) is 0 Å². The number of benzene rings is 1. The molecule has 0 aliphatic carbocycles. The third kappa shape index (κ3) is 3.48. The second kappa shape index (κ2) is 8.39. The van der Waals surface area contributed by atoms with Crippen molar-refractivity contribution in [1.82, 2.24) is 13.1 Å². The van der Waals surface area contributed by atoms with Crippen LogP contribution in [0.4, 0.5) is 4.39 Å². The minimum atomic E-state index is -3.34. The number of hydrogen-bond donors (Lipinski definition) is 0. The first kappa shape index (κ1) is 22.6. The van der Waals surface area contributed by atoms with Crippen LogP contribution in [0.25, 0.3) is 11.3 Å². The van der Waals surface area contributed by atoms with Crippen LogP contribution in [0.2, 0.25) is 0 Å². The first-order valence-electron chi connectivity index (χ1n) is 11.1. The van der Waals surface area contributed by atoms with Gasteiger partial charge in [0.15, 0.2) is 0 Å². The van der Waals surface area contributed by atoms with Crippen LogP contribution in [0.5, 0.6) is 0 Å². The number of aryl methyl sites for hydroxylation is 2. The Kier molecular flexibility index (Phi) is 6.11. The van der Waals surface area contributed by atoms with Gasteiger partial charge >= 0.3 is 190 Å². The van der Waals surface area contributed by atoms with E-state index < -0.39 is 22.5 Å². The standard InChI is InChI=1S/C24H32FIN3O2/c1-6-12-24(7-2,26(5)29-13-8-9-21(29)23(30)31-26)20-14-18(25)10-11-19(20)22-17(4)28-16(3)15-27-22/h10-11,14-15,21H,6-9,12-13H2,1-5H3/q-1/t21-,24?/m0/s1. The minimum absolute atomic E-state index is 0.0745. The van der Waals surface area contributed by atoms with E-state index in [1.165, 1.54) is 6.07 Å². The van der Waals surface area contributed by atoms with Crippen LogP contribution in [-0.4, -0.2) is 36.6 Å². The van der Waals surface area contributed by atoms with Crippen LogP contribution in [-0.2, 0) is 11.3 Å². The Morgan fingerprint density at radius 1 is 1.32 bits per heavy atom. The molecule has 0 saturated carbocycles. The predicted octanol–water partition coefficient (Wildman–Crippen LogP) is 1.95. The average Bonchev–Trinajstić information content (AvgIpc) is 3.31. The van der Waals surface area contributed by atoms with Gasteiger partial charge < -0.3 is 0 Å². The molecule has 0 bridgehead atoms. The molecule has 1 aromatic carbocycles. The Labute approximate surface area is 189 Å². The SMILES string of the molecule is CCCC(CC)(c1cc(F)ccc1-c1ncc(C)nc1C)[I-]1(C)OC(=O)[C@@H]2CCCN21. The number of fused-ring (bicyclic) bond motifs is 1. The molecule has 1 aromatic heterocycles. The normalized spacial score (nSPS) is 27.4. The number of carbonyl (C=O) groups is 1. The van der Waals surface area contributed by atoms with Crippen LogP contribution in [0.15, 0.2) is 24.4 Å². The molecule has 2 aliphatic rings. The summed E-state index contributed by atoms with van der Waals surface area (Å²) in [5.74, 6) is -0.341. The van der Waals surface area contributed by atoms with Crippen LogP contribution in [0, 0.1) is 19.7 Å². The molecule has 4 rings (SSSR count). The van der Waals surface area contributed by atoms with Crippen molar-refractivity contribution in [2.45, 2.75) is 69.3 Å². The molecule has 3 atom stereocenters. The summed E-state index contributed by atoms with van der Waals surface area (Å²) in [6.45, 7) is 9.07. The summed E-state index contributed by atoms with van der Waals surface area (Å²) in [5.41, 5.74) is 4.30. The Morgan fingerprint density at radius 2 is 2.10 bits per heavy atom. The maximum absolute atomic E-state index is 14.8. The topological polar surface area (TPSA) is 55.3 Å². The zero-order chi connectivity index (χ0) is 22.4. The van der Waals surface area contributed by atoms with Crippen molar-refractivity contribution in [3.05, 3.63) is 47.2 Å². The van der Waals surface area contributed by atoms with Crippen molar-refractivity contribution in [2.75, 3.05) is 11.5 Å². The van der Waals surface area contributed by atoms with Gasteiger partial charge in [0.25, 0.3) is 0 Å². The second-order valence-corrected chi connectivity index (χ2v) is 16.6. The Balaban J connectivity index is 1.98. The molecule has 0 N–H and O–H groups in total. The quantitative estimate of drug-likeness (QED) is 0.319. The number of nitrogens with zero attached hydrogens (tertiary/aromatic N) is 3. The molecule has 0 spiro atoms. The maximum atomic E-state index is 14.8. The van der Waals surface area contributed by atoms with E-state index in [0.717, 1.165) is 66.9 Å². The molecular weight excluding hydrogens is 508 g/mol. The van der Waals surface area contributed by atoms with Crippen molar-refractivity contribution >= 4 is 5.97 Å². The summed E-state index contributed by atoms with van der Waals surface area (Å²) in [5, 5.41) is 0. The summed E-state index contributed by atoms with van der Waals surface area (Å²) in [7, 11) is 0. The van der Waals surface area contributed by atoms with Gasteiger partial charge in [-0.2, -0.15) is 0 Å². The molecule has 2 saturated heterocycles. The molecule has 3 heterocycles. The van der Waals surface area contributed by atoms with Gasteiger partial charge in [0.1, 0.15) is 0 Å². The van der Waals surface area contributed by atoms with Crippen LogP contribution in [0.1, 0.15) is 62.9 Å². The number of carbonyl (C=O) groups excluding carboxylic acids is 1. The molecule has 170 valence electrons. The van der Waals surface area contributed by atoms with Gasteiger partial charge in [-0.1, -0.05) is 0 Å². The summed E-state index contributed by atoms with van der Waals surface area (Å²) in [6, 6.07) is 4.88. The van der Waals surface area contributed by atoms with E-state index in [9.17, 15) is 9.18 Å². The molecule has 0 radical (unpaired) electrons. The fourth-order valence-electron chi connectivity index (χ4n) is 5.34. The van der Waals surface area contributed by atoms with Gasteiger partial charge in [-0.05, 0) is 0 Å². The summed E-state index contributed by atoms with van der Waals surface area (Å²) in [6.07, 6.45) is 6.21. The number of halogens is 2. The average molecular weight is 540 g/mol. The van der Waals surface area contributed by atoms with E-state index in [-0.39, 0.29) is 17.8 Å². The third-order valence-corrected chi connectivity index (χ3v) is 17.3. The molecule has 2 aliphatic heterocycles. The van der Waals surface area contributed by atoms with E-state index >= 15 is 0 Å². The number of hydrogen-bond acceptors (Lipinski definition) is 5. The molecule has 2 fully saturated rings. The number of aromatic nitrogens is 2. The van der Waals surface area contributed by atoms with E-state index in [0.29, 0.717) is 0 Å². The van der Waals surface area contributed by atoms with Crippen LogP contribution in [0.3, 0.4) is 0 Å². The van der Waals surface area contributed by atoms with Gasteiger partial charge in [-0.25, -0.2) is 0 Å². The third-order valence-electron chi connectivity index (χ3n) is 6.76. The second-order valence-electron chi connectivity index (χ2n) is 8.62. The van der Waals surface area contributed by atoms with Crippen LogP contribution < -0.4 is 19.1 Å². The van der Waals surface area contributed by atoms with Crippen molar-refractivity contribution in [2.24, 2.45) is 0 Å². The fourth-order valence-corrected chi connectivity index (χ4v) is 15.9. The first-order chi connectivity index (χ1) is 14.8. The molecule has 2 aromatic rings. The van der Waals surface area contributed by atoms with Gasteiger partial charge in [-0.15, -0.1) is 0 Å². The fraction of sp³-hybridized carbons (Fsp3) is 0.542. The Bertz CT molecular complexity index is 1020. The Morgan fingerprint density at radius 3 is 2.77 bits per heavy atom.